The van der Waals surface area contributed by atoms with Gasteiger partial charge in [0.1, 0.15) is 11.1 Å². The highest BCUT2D eigenvalue weighted by atomic mass is 16.3. The number of nitrogens with zero attached hydrogens (tertiary/aromatic N) is 3. The van der Waals surface area contributed by atoms with Crippen LogP contribution in [0.1, 0.15) is 0 Å². The van der Waals surface area contributed by atoms with E-state index in [-0.39, 0.29) is 0 Å². The van der Waals surface area contributed by atoms with E-state index in [1.54, 1.807) is 0 Å². The van der Waals surface area contributed by atoms with Crippen molar-refractivity contribution in [2.24, 2.45) is 0 Å². The lowest BCUT2D eigenvalue weighted by Crippen LogP contribution is -1.97. The van der Waals surface area contributed by atoms with Crippen LogP contribution < -0.4 is 0 Å². The normalized spacial score (nSPS) is 11.4. The largest absolute Gasteiger partial charge is 0.454 e. The Bertz CT molecular complexity index is 1780. The van der Waals surface area contributed by atoms with Gasteiger partial charge >= 0.3 is 0 Å². The Hall–Kier alpha value is -4.83. The number of hydrogen-bond donors (Lipinski definition) is 0. The van der Waals surface area contributed by atoms with Crippen molar-refractivity contribution in [2.45, 2.75) is 0 Å². The van der Waals surface area contributed by atoms with Crippen molar-refractivity contribution in [3.63, 3.8) is 0 Å². The molecule has 0 fully saturated rings. The number of pyridine rings is 1. The topological polar surface area (TPSA) is 51.8 Å². The highest BCUT2D eigenvalue weighted by molar-refractivity contribution is 6.14. The molecule has 7 aromatic rings. The molecule has 0 N–H and O–H groups in total. The Labute approximate surface area is 201 Å². The molecule has 4 heteroatoms. The molecule has 3 aromatic heterocycles. The van der Waals surface area contributed by atoms with E-state index in [0.29, 0.717) is 11.4 Å². The van der Waals surface area contributed by atoms with Gasteiger partial charge in [-0.1, -0.05) is 91.0 Å². The van der Waals surface area contributed by atoms with Crippen LogP contribution in [0.15, 0.2) is 120 Å². The highest BCUT2D eigenvalue weighted by Gasteiger charge is 2.21. The zero-order valence-corrected chi connectivity index (χ0v) is 18.7. The molecule has 0 aliphatic heterocycles. The smallest absolute Gasteiger partial charge is 0.165 e. The van der Waals surface area contributed by atoms with Crippen LogP contribution in [-0.2, 0) is 0 Å². The predicted octanol–water partition coefficient (Wildman–Crippen LogP) is 7.93. The molecule has 35 heavy (non-hydrogen) atoms. The number of rotatable bonds is 3. The second-order valence-corrected chi connectivity index (χ2v) is 8.47. The van der Waals surface area contributed by atoms with Gasteiger partial charge in [-0.15, -0.1) is 0 Å². The number of furan rings is 1. The van der Waals surface area contributed by atoms with Crippen LogP contribution in [0, 0.1) is 0 Å². The molecule has 0 spiro atoms. The maximum absolute atomic E-state index is 6.39. The summed E-state index contributed by atoms with van der Waals surface area (Å²) in [5.74, 6) is 0.618. The van der Waals surface area contributed by atoms with Crippen LogP contribution >= 0.6 is 0 Å². The maximum atomic E-state index is 6.39. The number of aromatic nitrogens is 3. The average molecular weight is 450 g/mol. The molecule has 3 heterocycles. The molecule has 0 atom stereocenters. The zero-order valence-electron chi connectivity index (χ0n) is 18.7. The van der Waals surface area contributed by atoms with Gasteiger partial charge in [-0.05, 0) is 24.3 Å². The molecule has 0 aliphatic carbocycles. The lowest BCUT2D eigenvalue weighted by Gasteiger charge is -2.11. The summed E-state index contributed by atoms with van der Waals surface area (Å²) < 4.78 is 6.39. The average Bonchev–Trinajstić information content (AvgIpc) is 3.30. The van der Waals surface area contributed by atoms with E-state index in [9.17, 15) is 0 Å². The molecule has 0 bridgehead atoms. The Balaban J connectivity index is 1.61. The van der Waals surface area contributed by atoms with Gasteiger partial charge in [-0.2, -0.15) is 0 Å². The van der Waals surface area contributed by atoms with Crippen molar-refractivity contribution in [1.82, 2.24) is 15.0 Å². The lowest BCUT2D eigenvalue weighted by molar-refractivity contribution is 0.669. The fourth-order valence-electron chi connectivity index (χ4n) is 4.63. The molecule has 0 radical (unpaired) electrons. The van der Waals surface area contributed by atoms with E-state index in [0.717, 1.165) is 55.5 Å². The van der Waals surface area contributed by atoms with Gasteiger partial charge < -0.3 is 4.42 Å². The molecule has 7 rings (SSSR count). The summed E-state index contributed by atoms with van der Waals surface area (Å²) in [5.41, 5.74) is 7.86. The fourth-order valence-corrected chi connectivity index (χ4v) is 4.63. The van der Waals surface area contributed by atoms with Crippen molar-refractivity contribution in [2.75, 3.05) is 0 Å². The number of hydrogen-bond acceptors (Lipinski definition) is 4. The number of fused-ring (bicyclic) bond motifs is 4. The molecular weight excluding hydrogens is 430 g/mol. The van der Waals surface area contributed by atoms with Crippen molar-refractivity contribution in [3.05, 3.63) is 115 Å². The standard InChI is InChI=1S/C31H19N3O/c1-3-11-20(12-4-1)25-19-26(21-13-5-2-6-14-21)34-31(33-25)28-22-15-7-9-17-24(22)32-29-23-16-8-10-18-27(23)35-30(28)29/h1-19H. The van der Waals surface area contributed by atoms with Crippen LogP contribution in [0.25, 0.3) is 66.9 Å². The third kappa shape index (κ3) is 3.27. The highest BCUT2D eigenvalue weighted by Crippen LogP contribution is 2.39. The van der Waals surface area contributed by atoms with Crippen molar-refractivity contribution in [1.29, 1.82) is 0 Å². The lowest BCUT2D eigenvalue weighted by atomic mass is 10.0. The zero-order chi connectivity index (χ0) is 23.2. The first kappa shape index (κ1) is 19.6. The summed E-state index contributed by atoms with van der Waals surface area (Å²) in [6.07, 6.45) is 0. The van der Waals surface area contributed by atoms with Gasteiger partial charge in [0.2, 0.25) is 0 Å². The predicted molar refractivity (Wildman–Crippen MR) is 141 cm³/mol. The van der Waals surface area contributed by atoms with Gasteiger partial charge in [-0.3, -0.25) is 0 Å². The third-order valence-corrected chi connectivity index (χ3v) is 6.29. The molecule has 0 saturated heterocycles. The third-order valence-electron chi connectivity index (χ3n) is 6.29. The quantitative estimate of drug-likeness (QED) is 0.275. The fraction of sp³-hybridized carbons (Fsp3) is 0. The van der Waals surface area contributed by atoms with Gasteiger partial charge in [0.15, 0.2) is 11.4 Å². The molecule has 4 aromatic carbocycles. The first-order chi connectivity index (χ1) is 17.3. The van der Waals surface area contributed by atoms with Crippen molar-refractivity contribution in [3.8, 4) is 33.9 Å². The van der Waals surface area contributed by atoms with Gasteiger partial charge in [0.05, 0.1) is 22.5 Å². The second kappa shape index (κ2) is 7.89. The molecule has 164 valence electrons. The minimum atomic E-state index is 0.618. The first-order valence-electron chi connectivity index (χ1n) is 11.6. The van der Waals surface area contributed by atoms with Crippen LogP contribution in [0.3, 0.4) is 0 Å². The first-order valence-corrected chi connectivity index (χ1v) is 11.6. The summed E-state index contributed by atoms with van der Waals surface area (Å²) >= 11 is 0. The number of benzene rings is 4. The Kier molecular flexibility index (Phi) is 4.42. The Morgan fingerprint density at radius 2 is 1.09 bits per heavy atom. The van der Waals surface area contributed by atoms with Crippen LogP contribution in [0.4, 0.5) is 0 Å². The Morgan fingerprint density at radius 3 is 1.77 bits per heavy atom. The van der Waals surface area contributed by atoms with Crippen LogP contribution in [0.2, 0.25) is 0 Å². The second-order valence-electron chi connectivity index (χ2n) is 8.47. The van der Waals surface area contributed by atoms with Gasteiger partial charge in [0, 0.05) is 21.9 Å². The summed E-state index contributed by atoms with van der Waals surface area (Å²) in [6.45, 7) is 0. The van der Waals surface area contributed by atoms with Crippen molar-refractivity contribution < 1.29 is 4.42 Å². The van der Waals surface area contributed by atoms with Crippen molar-refractivity contribution >= 4 is 33.0 Å². The van der Waals surface area contributed by atoms with E-state index < -0.39 is 0 Å². The molecular formula is C31H19N3O. The molecule has 0 unspecified atom stereocenters. The van der Waals surface area contributed by atoms with Gasteiger partial charge in [0.25, 0.3) is 0 Å². The minimum Gasteiger partial charge on any atom is -0.454 e. The monoisotopic (exact) mass is 449 g/mol. The summed E-state index contributed by atoms with van der Waals surface area (Å²) in [7, 11) is 0. The van der Waals surface area contributed by atoms with E-state index in [1.807, 2.05) is 84.9 Å². The molecule has 4 nitrogen and oxygen atoms in total. The molecule has 0 aliphatic rings. The summed E-state index contributed by atoms with van der Waals surface area (Å²) in [4.78, 5) is 15.1. The molecule has 0 saturated carbocycles. The number of para-hydroxylation sites is 2. The van der Waals surface area contributed by atoms with Crippen LogP contribution in [0.5, 0.6) is 0 Å². The molecule has 0 amide bonds. The van der Waals surface area contributed by atoms with Crippen LogP contribution in [-0.4, -0.2) is 15.0 Å². The van der Waals surface area contributed by atoms with Gasteiger partial charge in [-0.25, -0.2) is 15.0 Å². The summed E-state index contributed by atoms with van der Waals surface area (Å²) in [5, 5.41) is 1.94. The van der Waals surface area contributed by atoms with E-state index >= 15 is 0 Å². The maximum Gasteiger partial charge on any atom is 0.165 e. The Morgan fingerprint density at radius 1 is 0.514 bits per heavy atom. The van der Waals surface area contributed by atoms with E-state index in [4.69, 9.17) is 19.4 Å². The minimum absolute atomic E-state index is 0.618. The van der Waals surface area contributed by atoms with E-state index in [2.05, 4.69) is 30.3 Å². The SMILES string of the molecule is c1ccc(-c2cc(-c3ccccc3)nc(-c3c4ccccc4nc4c3oc3ccccc34)n2)cc1. The summed E-state index contributed by atoms with van der Waals surface area (Å²) in [6, 6.07) is 38.6. The van der Waals surface area contributed by atoms with E-state index in [1.165, 1.54) is 0 Å².